The molecule has 0 atom stereocenters. The molecule has 3 rings (SSSR count). The molecule has 1 amide bonds. The van der Waals surface area contributed by atoms with Gasteiger partial charge in [-0.1, -0.05) is 24.3 Å². The minimum atomic E-state index is -0.284. The number of carbonyl (C=O) groups is 1. The molecule has 0 radical (unpaired) electrons. The van der Waals surface area contributed by atoms with Crippen molar-refractivity contribution in [2.45, 2.75) is 6.42 Å². The van der Waals surface area contributed by atoms with E-state index in [4.69, 9.17) is 0 Å². The van der Waals surface area contributed by atoms with E-state index in [1.807, 2.05) is 24.3 Å². The van der Waals surface area contributed by atoms with E-state index < -0.39 is 0 Å². The minimum absolute atomic E-state index is 0.0668. The highest BCUT2D eigenvalue weighted by molar-refractivity contribution is 6.00. The van der Waals surface area contributed by atoms with Crippen LogP contribution in [0.2, 0.25) is 0 Å². The first-order valence-corrected chi connectivity index (χ1v) is 5.42. The Morgan fingerprint density at radius 2 is 1.88 bits per heavy atom. The average Bonchev–Trinajstić information content (AvgIpc) is 2.45. The van der Waals surface area contributed by atoms with E-state index in [1.54, 1.807) is 6.07 Å². The standard InChI is InChI=1S/C14H10FNO/c15-10-6-5-9-7-14(17)16-13-4-2-1-3-11(13)12(9)8-10/h1-6,8H,7H2,(H,16,17). The van der Waals surface area contributed by atoms with Gasteiger partial charge in [0.15, 0.2) is 0 Å². The Balaban J connectivity index is 2.31. The fraction of sp³-hybridized carbons (Fsp3) is 0.0714. The van der Waals surface area contributed by atoms with Gasteiger partial charge in [-0.05, 0) is 29.3 Å². The van der Waals surface area contributed by atoms with Crippen molar-refractivity contribution < 1.29 is 9.18 Å². The number of para-hydroxylation sites is 1. The van der Waals surface area contributed by atoms with Crippen LogP contribution in [0, 0.1) is 5.82 Å². The summed E-state index contributed by atoms with van der Waals surface area (Å²) in [6, 6.07) is 12.0. The molecule has 1 N–H and O–H groups in total. The Bertz CT molecular complexity index is 607. The lowest BCUT2D eigenvalue weighted by Crippen LogP contribution is -2.12. The normalized spacial score (nSPS) is 13.4. The van der Waals surface area contributed by atoms with Gasteiger partial charge in [0.1, 0.15) is 5.82 Å². The van der Waals surface area contributed by atoms with Crippen molar-refractivity contribution in [1.82, 2.24) is 0 Å². The molecule has 0 bridgehead atoms. The van der Waals surface area contributed by atoms with Crippen molar-refractivity contribution in [3.8, 4) is 11.1 Å². The second-order valence-electron chi connectivity index (χ2n) is 4.07. The van der Waals surface area contributed by atoms with Gasteiger partial charge < -0.3 is 5.32 Å². The van der Waals surface area contributed by atoms with E-state index in [9.17, 15) is 9.18 Å². The van der Waals surface area contributed by atoms with Crippen LogP contribution in [-0.4, -0.2) is 5.91 Å². The Morgan fingerprint density at radius 3 is 2.76 bits per heavy atom. The third-order valence-electron chi connectivity index (χ3n) is 2.91. The Morgan fingerprint density at radius 1 is 1.06 bits per heavy atom. The first kappa shape index (κ1) is 10.0. The van der Waals surface area contributed by atoms with Gasteiger partial charge in [-0.2, -0.15) is 0 Å². The van der Waals surface area contributed by atoms with E-state index in [2.05, 4.69) is 5.32 Å². The molecular weight excluding hydrogens is 217 g/mol. The van der Waals surface area contributed by atoms with Crippen molar-refractivity contribution >= 4 is 11.6 Å². The summed E-state index contributed by atoms with van der Waals surface area (Å²) in [6.45, 7) is 0. The van der Waals surface area contributed by atoms with Gasteiger partial charge in [-0.15, -0.1) is 0 Å². The number of fused-ring (bicyclic) bond motifs is 3. The lowest BCUT2D eigenvalue weighted by Gasteiger charge is -2.08. The van der Waals surface area contributed by atoms with Crippen molar-refractivity contribution in [1.29, 1.82) is 0 Å². The van der Waals surface area contributed by atoms with Crippen LogP contribution >= 0.6 is 0 Å². The molecule has 0 saturated heterocycles. The maximum absolute atomic E-state index is 13.3. The van der Waals surface area contributed by atoms with Crippen molar-refractivity contribution in [3.63, 3.8) is 0 Å². The minimum Gasteiger partial charge on any atom is -0.325 e. The van der Waals surface area contributed by atoms with Crippen LogP contribution in [0.5, 0.6) is 0 Å². The van der Waals surface area contributed by atoms with Crippen molar-refractivity contribution in [2.24, 2.45) is 0 Å². The molecule has 1 aliphatic heterocycles. The van der Waals surface area contributed by atoms with Crippen molar-refractivity contribution in [2.75, 3.05) is 5.32 Å². The van der Waals surface area contributed by atoms with Crippen molar-refractivity contribution in [3.05, 3.63) is 53.8 Å². The summed E-state index contributed by atoms with van der Waals surface area (Å²) in [5.74, 6) is -0.351. The van der Waals surface area contributed by atoms with E-state index in [0.717, 1.165) is 22.4 Å². The van der Waals surface area contributed by atoms with Gasteiger partial charge >= 0.3 is 0 Å². The summed E-state index contributed by atoms with van der Waals surface area (Å²) in [6.07, 6.45) is 0.282. The maximum atomic E-state index is 13.3. The first-order chi connectivity index (χ1) is 8.24. The van der Waals surface area contributed by atoms with Crippen LogP contribution in [0.1, 0.15) is 5.56 Å². The number of carbonyl (C=O) groups excluding carboxylic acids is 1. The van der Waals surface area contributed by atoms with Crippen LogP contribution in [-0.2, 0) is 11.2 Å². The second kappa shape index (κ2) is 3.70. The van der Waals surface area contributed by atoms with E-state index in [1.165, 1.54) is 12.1 Å². The third kappa shape index (κ3) is 1.69. The van der Waals surface area contributed by atoms with E-state index in [-0.39, 0.29) is 18.1 Å². The highest BCUT2D eigenvalue weighted by Gasteiger charge is 2.18. The zero-order chi connectivity index (χ0) is 11.8. The third-order valence-corrected chi connectivity index (χ3v) is 2.91. The molecule has 2 aromatic carbocycles. The van der Waals surface area contributed by atoms with Gasteiger partial charge in [0.2, 0.25) is 5.91 Å². The quantitative estimate of drug-likeness (QED) is 0.736. The molecule has 0 unspecified atom stereocenters. The number of hydrogen-bond acceptors (Lipinski definition) is 1. The number of nitrogens with one attached hydrogen (secondary N) is 1. The Kier molecular flexibility index (Phi) is 2.18. The summed E-state index contributed by atoms with van der Waals surface area (Å²) in [4.78, 5) is 11.7. The van der Waals surface area contributed by atoms with Gasteiger partial charge in [0.05, 0.1) is 6.42 Å². The van der Waals surface area contributed by atoms with E-state index >= 15 is 0 Å². The molecule has 17 heavy (non-hydrogen) atoms. The van der Waals surface area contributed by atoms with Gasteiger partial charge in [0, 0.05) is 11.3 Å². The number of halogens is 1. The largest absolute Gasteiger partial charge is 0.325 e. The zero-order valence-electron chi connectivity index (χ0n) is 9.03. The topological polar surface area (TPSA) is 29.1 Å². The van der Waals surface area contributed by atoms with Crippen LogP contribution in [0.15, 0.2) is 42.5 Å². The summed E-state index contributed by atoms with van der Waals surface area (Å²) in [5, 5.41) is 2.83. The molecule has 3 heteroatoms. The molecule has 0 saturated carbocycles. The first-order valence-electron chi connectivity index (χ1n) is 5.42. The molecule has 2 aromatic rings. The monoisotopic (exact) mass is 227 g/mol. The van der Waals surface area contributed by atoms with Crippen LogP contribution in [0.25, 0.3) is 11.1 Å². The number of benzene rings is 2. The fourth-order valence-corrected chi connectivity index (χ4v) is 2.15. The van der Waals surface area contributed by atoms with Gasteiger partial charge in [-0.25, -0.2) is 4.39 Å². The summed E-state index contributed by atoms with van der Waals surface area (Å²) < 4.78 is 13.3. The number of rotatable bonds is 0. The summed E-state index contributed by atoms with van der Waals surface area (Å²) >= 11 is 0. The lowest BCUT2D eigenvalue weighted by atomic mass is 9.98. The smallest absolute Gasteiger partial charge is 0.228 e. The molecular formula is C14H10FNO. The number of amides is 1. The SMILES string of the molecule is O=C1Cc2ccc(F)cc2-c2ccccc2N1. The molecule has 0 spiro atoms. The number of anilines is 1. The average molecular weight is 227 g/mol. The lowest BCUT2D eigenvalue weighted by molar-refractivity contribution is -0.115. The molecule has 0 fully saturated rings. The Hall–Kier alpha value is -2.16. The van der Waals surface area contributed by atoms with Crippen LogP contribution < -0.4 is 5.32 Å². The summed E-state index contributed by atoms with van der Waals surface area (Å²) in [5.41, 5.74) is 3.25. The highest BCUT2D eigenvalue weighted by atomic mass is 19.1. The predicted molar refractivity (Wildman–Crippen MR) is 64.2 cm³/mol. The molecule has 84 valence electrons. The zero-order valence-corrected chi connectivity index (χ0v) is 9.03. The fourth-order valence-electron chi connectivity index (χ4n) is 2.15. The molecule has 2 nitrogen and oxygen atoms in total. The van der Waals surface area contributed by atoms with Gasteiger partial charge in [0.25, 0.3) is 0 Å². The number of hydrogen-bond donors (Lipinski definition) is 1. The highest BCUT2D eigenvalue weighted by Crippen LogP contribution is 2.33. The van der Waals surface area contributed by atoms with Crippen LogP contribution in [0.3, 0.4) is 0 Å². The molecule has 0 aromatic heterocycles. The molecule has 0 aliphatic carbocycles. The second-order valence-corrected chi connectivity index (χ2v) is 4.07. The molecule has 1 heterocycles. The van der Waals surface area contributed by atoms with Gasteiger partial charge in [-0.3, -0.25) is 4.79 Å². The maximum Gasteiger partial charge on any atom is 0.228 e. The molecule has 1 aliphatic rings. The van der Waals surface area contributed by atoms with Crippen LogP contribution in [0.4, 0.5) is 10.1 Å². The predicted octanol–water partition coefficient (Wildman–Crippen LogP) is 2.99. The Labute approximate surface area is 98.1 Å². The van der Waals surface area contributed by atoms with E-state index in [0.29, 0.717) is 0 Å². The summed E-state index contributed by atoms with van der Waals surface area (Å²) in [7, 11) is 0.